The summed E-state index contributed by atoms with van der Waals surface area (Å²) in [5.41, 5.74) is 6.09. The summed E-state index contributed by atoms with van der Waals surface area (Å²) in [6.07, 6.45) is 0. The third kappa shape index (κ3) is 3.12. The molecule has 0 aliphatic rings. The fraction of sp³-hybridized carbons (Fsp3) is 0.0769. The van der Waals surface area contributed by atoms with Crippen molar-refractivity contribution in [3.05, 3.63) is 46.1 Å². The van der Waals surface area contributed by atoms with E-state index < -0.39 is 5.97 Å². The molecule has 1 aromatic heterocycles. The molecular formula is C13H10Cl2N2O3. The molecule has 0 radical (unpaired) electrons. The minimum absolute atomic E-state index is 0.0528. The van der Waals surface area contributed by atoms with Crippen LogP contribution in [0.4, 0.5) is 5.69 Å². The number of nitrogens with two attached hydrogens (primary N) is 1. The predicted molar refractivity (Wildman–Crippen MR) is 76.5 cm³/mol. The Morgan fingerprint density at radius 1 is 1.25 bits per heavy atom. The Labute approximate surface area is 125 Å². The van der Waals surface area contributed by atoms with Gasteiger partial charge < -0.3 is 15.2 Å². The molecule has 5 nitrogen and oxygen atoms in total. The minimum Gasteiger partial charge on any atom is -0.464 e. The van der Waals surface area contributed by atoms with Gasteiger partial charge in [0.15, 0.2) is 5.69 Å². The van der Waals surface area contributed by atoms with Crippen molar-refractivity contribution in [3.8, 4) is 11.6 Å². The summed E-state index contributed by atoms with van der Waals surface area (Å²) in [5, 5.41) is 0.797. The van der Waals surface area contributed by atoms with Crippen molar-refractivity contribution in [2.75, 3.05) is 12.8 Å². The van der Waals surface area contributed by atoms with Gasteiger partial charge in [-0.2, -0.15) is 0 Å². The fourth-order valence-electron chi connectivity index (χ4n) is 1.41. The average Bonchev–Trinajstić information content (AvgIpc) is 2.44. The van der Waals surface area contributed by atoms with Crippen LogP contribution < -0.4 is 10.5 Å². The molecule has 104 valence electrons. The number of halogens is 2. The molecule has 0 saturated carbocycles. The second kappa shape index (κ2) is 5.98. The minimum atomic E-state index is -0.591. The lowest BCUT2D eigenvalue weighted by Gasteiger charge is -2.10. The summed E-state index contributed by atoms with van der Waals surface area (Å²) < 4.78 is 10.1. The highest BCUT2D eigenvalue weighted by Crippen LogP contribution is 2.33. The topological polar surface area (TPSA) is 74.4 Å². The molecule has 0 unspecified atom stereocenters. The van der Waals surface area contributed by atoms with Gasteiger partial charge in [0, 0.05) is 11.1 Å². The molecule has 2 rings (SSSR count). The number of carbonyl (C=O) groups is 1. The Morgan fingerprint density at radius 2 is 2.00 bits per heavy atom. The summed E-state index contributed by atoms with van der Waals surface area (Å²) in [6.45, 7) is 0. The number of hydrogen-bond acceptors (Lipinski definition) is 5. The van der Waals surface area contributed by atoms with E-state index in [9.17, 15) is 4.79 Å². The second-order valence-corrected chi connectivity index (χ2v) is 4.60. The number of rotatable bonds is 3. The SMILES string of the molecule is COC(=O)c1ccc(N)c(Oc2cc(Cl)ccc2Cl)n1. The maximum atomic E-state index is 11.4. The van der Waals surface area contributed by atoms with Crippen molar-refractivity contribution in [1.29, 1.82) is 0 Å². The molecule has 7 heteroatoms. The summed E-state index contributed by atoms with van der Waals surface area (Å²) >= 11 is 11.8. The zero-order chi connectivity index (χ0) is 14.7. The third-order valence-electron chi connectivity index (χ3n) is 2.38. The van der Waals surface area contributed by atoms with Gasteiger partial charge in [-0.25, -0.2) is 9.78 Å². The smallest absolute Gasteiger partial charge is 0.356 e. The van der Waals surface area contributed by atoms with Gasteiger partial charge in [0.05, 0.1) is 17.8 Å². The van der Waals surface area contributed by atoms with E-state index in [0.717, 1.165) is 0 Å². The van der Waals surface area contributed by atoms with Crippen LogP contribution in [0.25, 0.3) is 0 Å². The molecule has 0 saturated heterocycles. The molecule has 2 N–H and O–H groups in total. The first-order chi connectivity index (χ1) is 9.51. The maximum Gasteiger partial charge on any atom is 0.356 e. The highest BCUT2D eigenvalue weighted by atomic mass is 35.5. The molecule has 20 heavy (non-hydrogen) atoms. The molecule has 0 aliphatic carbocycles. The highest BCUT2D eigenvalue weighted by Gasteiger charge is 2.13. The average molecular weight is 313 g/mol. The zero-order valence-electron chi connectivity index (χ0n) is 10.4. The van der Waals surface area contributed by atoms with E-state index in [2.05, 4.69) is 9.72 Å². The number of carbonyl (C=O) groups excluding carboxylic acids is 1. The quantitative estimate of drug-likeness (QED) is 0.877. The van der Waals surface area contributed by atoms with Crippen LogP contribution >= 0.6 is 23.2 Å². The van der Waals surface area contributed by atoms with E-state index >= 15 is 0 Å². The highest BCUT2D eigenvalue weighted by molar-refractivity contribution is 6.34. The fourth-order valence-corrected chi connectivity index (χ4v) is 1.73. The van der Waals surface area contributed by atoms with Crippen LogP contribution in [-0.2, 0) is 4.74 Å². The molecule has 1 heterocycles. The molecule has 0 fully saturated rings. The number of pyridine rings is 1. The van der Waals surface area contributed by atoms with Crippen LogP contribution in [-0.4, -0.2) is 18.1 Å². The molecular weight excluding hydrogens is 303 g/mol. The van der Waals surface area contributed by atoms with Crippen LogP contribution in [0.3, 0.4) is 0 Å². The van der Waals surface area contributed by atoms with Crippen molar-refractivity contribution < 1.29 is 14.3 Å². The van der Waals surface area contributed by atoms with Crippen LogP contribution in [0.2, 0.25) is 10.0 Å². The van der Waals surface area contributed by atoms with Gasteiger partial charge >= 0.3 is 5.97 Å². The van der Waals surface area contributed by atoms with Gasteiger partial charge in [-0.1, -0.05) is 23.2 Å². The van der Waals surface area contributed by atoms with Gasteiger partial charge in [0.25, 0.3) is 0 Å². The van der Waals surface area contributed by atoms with Crippen LogP contribution in [0.5, 0.6) is 11.6 Å². The van der Waals surface area contributed by atoms with E-state index in [0.29, 0.717) is 15.8 Å². The Morgan fingerprint density at radius 3 is 2.70 bits per heavy atom. The summed E-state index contributed by atoms with van der Waals surface area (Å²) in [7, 11) is 1.26. The van der Waals surface area contributed by atoms with Gasteiger partial charge in [0.1, 0.15) is 5.75 Å². The Balaban J connectivity index is 2.37. The molecule has 2 aromatic rings. The van der Waals surface area contributed by atoms with E-state index in [4.69, 9.17) is 33.7 Å². The largest absolute Gasteiger partial charge is 0.464 e. The number of nitrogens with zero attached hydrogens (tertiary/aromatic N) is 1. The Hall–Kier alpha value is -1.98. The Bertz CT molecular complexity index is 662. The van der Waals surface area contributed by atoms with Crippen molar-refractivity contribution in [1.82, 2.24) is 4.98 Å². The van der Waals surface area contributed by atoms with E-state index in [1.807, 2.05) is 0 Å². The number of hydrogen-bond donors (Lipinski definition) is 1. The van der Waals surface area contributed by atoms with Gasteiger partial charge in [-0.15, -0.1) is 0 Å². The Kier molecular flexibility index (Phi) is 4.32. The van der Waals surface area contributed by atoms with Gasteiger partial charge in [0.2, 0.25) is 5.88 Å². The first kappa shape index (κ1) is 14.4. The second-order valence-electron chi connectivity index (χ2n) is 3.76. The first-order valence-corrected chi connectivity index (χ1v) is 6.24. The van der Waals surface area contributed by atoms with E-state index in [-0.39, 0.29) is 17.3 Å². The number of methoxy groups -OCH3 is 1. The van der Waals surface area contributed by atoms with E-state index in [1.54, 1.807) is 12.1 Å². The van der Waals surface area contributed by atoms with Crippen LogP contribution in [0.15, 0.2) is 30.3 Å². The maximum absolute atomic E-state index is 11.4. The van der Waals surface area contributed by atoms with Crippen molar-refractivity contribution >= 4 is 34.9 Å². The van der Waals surface area contributed by atoms with Gasteiger partial charge in [-0.3, -0.25) is 0 Å². The lowest BCUT2D eigenvalue weighted by molar-refractivity contribution is 0.0593. The standard InChI is InChI=1S/C13H10Cl2N2O3/c1-19-13(18)10-5-4-9(16)12(17-10)20-11-6-7(14)2-3-8(11)15/h2-6H,16H2,1H3. The number of anilines is 1. The number of esters is 1. The van der Waals surface area contributed by atoms with Crippen molar-refractivity contribution in [3.63, 3.8) is 0 Å². The monoisotopic (exact) mass is 312 g/mol. The van der Waals surface area contributed by atoms with Crippen LogP contribution in [0.1, 0.15) is 10.5 Å². The van der Waals surface area contributed by atoms with Crippen LogP contribution in [0, 0.1) is 0 Å². The molecule has 1 aromatic carbocycles. The number of nitrogen functional groups attached to an aromatic ring is 1. The molecule has 0 spiro atoms. The zero-order valence-corrected chi connectivity index (χ0v) is 11.9. The number of aromatic nitrogens is 1. The number of ether oxygens (including phenoxy) is 2. The summed E-state index contributed by atoms with van der Waals surface area (Å²) in [6, 6.07) is 7.66. The predicted octanol–water partition coefficient (Wildman–Crippen LogP) is 3.55. The molecule has 0 bridgehead atoms. The van der Waals surface area contributed by atoms with Crippen molar-refractivity contribution in [2.45, 2.75) is 0 Å². The molecule has 0 atom stereocenters. The van der Waals surface area contributed by atoms with E-state index in [1.165, 1.54) is 25.3 Å². The summed E-state index contributed by atoms with van der Waals surface area (Å²) in [5.74, 6) is -0.246. The van der Waals surface area contributed by atoms with Gasteiger partial charge in [-0.05, 0) is 24.3 Å². The summed E-state index contributed by atoms with van der Waals surface area (Å²) in [4.78, 5) is 15.4. The first-order valence-electron chi connectivity index (χ1n) is 5.49. The molecule has 0 amide bonds. The van der Waals surface area contributed by atoms with Crippen molar-refractivity contribution in [2.24, 2.45) is 0 Å². The lowest BCUT2D eigenvalue weighted by Crippen LogP contribution is -2.06. The third-order valence-corrected chi connectivity index (χ3v) is 2.93. The molecule has 0 aliphatic heterocycles. The lowest BCUT2D eigenvalue weighted by atomic mass is 10.3. The normalized spacial score (nSPS) is 10.2. The number of benzene rings is 1.